The molecule has 2 radical (unpaired) electrons. The number of hydrogen-bond donors (Lipinski definition) is 0. The van der Waals surface area contributed by atoms with Crippen molar-refractivity contribution in [3.8, 4) is 0 Å². The summed E-state index contributed by atoms with van der Waals surface area (Å²) in [6, 6.07) is -0.386. The van der Waals surface area contributed by atoms with Crippen LogP contribution in [0.2, 0.25) is 18.1 Å². The van der Waals surface area contributed by atoms with Gasteiger partial charge in [-0.05, 0) is 36.1 Å². The molecule has 1 rings (SSSR count). The minimum Gasteiger partial charge on any atom is -0.451 e. The third-order valence-corrected chi connectivity index (χ3v) is 8.99. The third kappa shape index (κ3) is 4.79. The van der Waals surface area contributed by atoms with E-state index in [1.807, 2.05) is 0 Å². The molecule has 0 aromatic carbocycles. The van der Waals surface area contributed by atoms with Gasteiger partial charge < -0.3 is 13.9 Å². The quantitative estimate of drug-likeness (QED) is 0.589. The molecule has 0 aromatic rings. The van der Waals surface area contributed by atoms with E-state index >= 15 is 0 Å². The maximum atomic E-state index is 11.4. The highest BCUT2D eigenvalue weighted by Crippen LogP contribution is 2.37. The number of rotatable bonds is 4. The van der Waals surface area contributed by atoms with E-state index in [-0.39, 0.29) is 28.6 Å². The molecule has 7 heteroatoms. The van der Waals surface area contributed by atoms with E-state index in [0.717, 1.165) is 11.8 Å². The summed E-state index contributed by atoms with van der Waals surface area (Å²) in [5.74, 6) is 0. The van der Waals surface area contributed by atoms with Gasteiger partial charge in [-0.15, -0.1) is 0 Å². The first kappa shape index (κ1) is 18.1. The fourth-order valence-electron chi connectivity index (χ4n) is 1.70. The number of carbonyl (C=O) groups excluding carboxylic acids is 1. The van der Waals surface area contributed by atoms with Gasteiger partial charge in [0.2, 0.25) is 0 Å². The molecular formula is C13H25BO4SSi. The Hall–Kier alpha value is 0.0218. The maximum absolute atomic E-state index is 11.4. The van der Waals surface area contributed by atoms with Crippen LogP contribution in [0.15, 0.2) is 0 Å². The smallest absolute Gasteiger partial charge is 0.367 e. The second kappa shape index (κ2) is 6.85. The molecule has 0 saturated carbocycles. The van der Waals surface area contributed by atoms with Crippen molar-refractivity contribution in [2.45, 2.75) is 63.5 Å². The Morgan fingerprint density at radius 2 is 2.05 bits per heavy atom. The minimum atomic E-state index is -1.84. The van der Waals surface area contributed by atoms with E-state index in [9.17, 15) is 4.79 Å². The third-order valence-electron chi connectivity index (χ3n) is 4.06. The molecule has 1 aliphatic heterocycles. The molecule has 1 heterocycles. The lowest BCUT2D eigenvalue weighted by Crippen LogP contribution is -2.44. The average molecular weight is 316 g/mol. The van der Waals surface area contributed by atoms with Gasteiger partial charge in [-0.2, -0.15) is 0 Å². The molecule has 4 nitrogen and oxygen atoms in total. The molecule has 0 bridgehead atoms. The molecule has 0 spiro atoms. The molecule has 0 N–H and O–H groups in total. The summed E-state index contributed by atoms with van der Waals surface area (Å²) in [6.45, 7) is 11.4. The summed E-state index contributed by atoms with van der Waals surface area (Å²) >= 11 is 1.05. The molecule has 0 amide bonds. The lowest BCUT2D eigenvalue weighted by molar-refractivity contribution is -0.00301. The molecule has 0 aromatic heterocycles. The molecule has 1 aliphatic rings. The predicted octanol–water partition coefficient (Wildman–Crippen LogP) is 3.16. The fraction of sp³-hybridized carbons (Fsp3) is 0.923. The molecule has 20 heavy (non-hydrogen) atoms. The maximum Gasteiger partial charge on any atom is 0.367 e. The van der Waals surface area contributed by atoms with Crippen molar-refractivity contribution >= 4 is 33.2 Å². The van der Waals surface area contributed by atoms with E-state index < -0.39 is 8.32 Å². The Kier molecular flexibility index (Phi) is 6.19. The molecule has 1 saturated heterocycles. The first-order valence-electron chi connectivity index (χ1n) is 6.86. The second-order valence-electron chi connectivity index (χ2n) is 6.63. The van der Waals surface area contributed by atoms with Crippen LogP contribution in [0.3, 0.4) is 0 Å². The van der Waals surface area contributed by atoms with Crippen molar-refractivity contribution in [3.63, 3.8) is 0 Å². The van der Waals surface area contributed by atoms with Crippen LogP contribution < -0.4 is 0 Å². The Morgan fingerprint density at radius 1 is 1.45 bits per heavy atom. The van der Waals surface area contributed by atoms with Gasteiger partial charge in [0.05, 0.1) is 6.61 Å². The largest absolute Gasteiger partial charge is 0.451 e. The summed E-state index contributed by atoms with van der Waals surface area (Å²) in [7, 11) is 3.95. The average Bonchev–Trinajstić information content (AvgIpc) is 2.65. The Labute approximate surface area is 128 Å². The lowest BCUT2D eigenvalue weighted by atomic mass is 9.96. The number of thioether (sulfide) groups is 1. The Bertz CT molecular complexity index is 346. The number of carbonyl (C=O) groups is 1. The predicted molar refractivity (Wildman–Crippen MR) is 86.0 cm³/mol. The fourth-order valence-corrected chi connectivity index (χ4v) is 2.93. The topological polar surface area (TPSA) is 44.8 Å². The minimum absolute atomic E-state index is 0.138. The van der Waals surface area contributed by atoms with E-state index in [1.165, 1.54) is 0 Å². The number of ether oxygens (including phenoxy) is 2. The Balaban J connectivity index is 2.59. The highest BCUT2D eigenvalue weighted by atomic mass is 32.2. The summed E-state index contributed by atoms with van der Waals surface area (Å²) in [5, 5.41) is -0.163. The van der Waals surface area contributed by atoms with Crippen LogP contribution in [0.5, 0.6) is 0 Å². The van der Waals surface area contributed by atoms with Crippen LogP contribution in [0.25, 0.3) is 0 Å². The van der Waals surface area contributed by atoms with Gasteiger partial charge in [-0.25, -0.2) is 4.79 Å². The standard InChI is InChI=1S/C13H25BO4SSi/c1-13(2,3)20(5,6)16-8-10-9(7-11(14)17-10)18-12(15)19-4/h9-11H,7-8H2,1-6H3/t9-,10-,11-/m1/s1. The zero-order valence-electron chi connectivity index (χ0n) is 13.3. The van der Waals surface area contributed by atoms with E-state index in [4.69, 9.17) is 21.7 Å². The second-order valence-corrected chi connectivity index (χ2v) is 12.2. The monoisotopic (exact) mass is 316 g/mol. The molecule has 0 unspecified atom stereocenters. The lowest BCUT2D eigenvalue weighted by Gasteiger charge is -2.37. The van der Waals surface area contributed by atoms with Crippen molar-refractivity contribution in [1.29, 1.82) is 0 Å². The first-order valence-corrected chi connectivity index (χ1v) is 11.0. The van der Waals surface area contributed by atoms with Crippen molar-refractivity contribution in [3.05, 3.63) is 0 Å². The van der Waals surface area contributed by atoms with Gasteiger partial charge in [0.15, 0.2) is 8.32 Å². The van der Waals surface area contributed by atoms with Crippen LogP contribution in [0.4, 0.5) is 4.79 Å². The van der Waals surface area contributed by atoms with Crippen molar-refractivity contribution in [2.75, 3.05) is 12.9 Å². The van der Waals surface area contributed by atoms with Gasteiger partial charge in [-0.1, -0.05) is 20.8 Å². The van der Waals surface area contributed by atoms with Crippen LogP contribution in [-0.4, -0.2) is 52.5 Å². The summed E-state index contributed by atoms with van der Waals surface area (Å²) in [5.41, 5.74) is 0. The molecule has 3 atom stereocenters. The molecule has 1 fully saturated rings. The van der Waals surface area contributed by atoms with Crippen molar-refractivity contribution in [1.82, 2.24) is 0 Å². The molecular weight excluding hydrogens is 291 g/mol. The van der Waals surface area contributed by atoms with Gasteiger partial charge >= 0.3 is 5.30 Å². The highest BCUT2D eigenvalue weighted by Gasteiger charge is 2.41. The molecule has 0 aliphatic carbocycles. The highest BCUT2D eigenvalue weighted by molar-refractivity contribution is 8.12. The zero-order valence-corrected chi connectivity index (χ0v) is 15.1. The van der Waals surface area contributed by atoms with Gasteiger partial charge in [0, 0.05) is 12.4 Å². The SMILES string of the molecule is [B][C@H]1C[C@@H](OC(=O)SC)[C@@H](CO[Si](C)(C)C(C)(C)C)O1. The van der Waals surface area contributed by atoms with E-state index in [1.54, 1.807) is 6.26 Å². The van der Waals surface area contributed by atoms with Crippen molar-refractivity contribution < 1.29 is 18.7 Å². The van der Waals surface area contributed by atoms with E-state index in [0.29, 0.717) is 13.0 Å². The van der Waals surface area contributed by atoms with Crippen LogP contribution in [0, 0.1) is 0 Å². The summed E-state index contributed by atoms with van der Waals surface area (Å²) in [6.07, 6.45) is 1.64. The zero-order chi connectivity index (χ0) is 15.6. The van der Waals surface area contributed by atoms with Crippen LogP contribution >= 0.6 is 11.8 Å². The first-order chi connectivity index (χ1) is 9.06. The Morgan fingerprint density at radius 3 is 2.55 bits per heavy atom. The van der Waals surface area contributed by atoms with Crippen LogP contribution in [-0.2, 0) is 13.9 Å². The van der Waals surface area contributed by atoms with E-state index in [2.05, 4.69) is 33.9 Å². The molecule has 114 valence electrons. The van der Waals surface area contributed by atoms with Crippen LogP contribution in [0.1, 0.15) is 27.2 Å². The van der Waals surface area contributed by atoms with Crippen molar-refractivity contribution in [2.24, 2.45) is 0 Å². The normalized spacial score (nSPS) is 27.6. The summed E-state index contributed by atoms with van der Waals surface area (Å²) in [4.78, 5) is 11.4. The van der Waals surface area contributed by atoms with Gasteiger partial charge in [0.25, 0.3) is 0 Å². The van der Waals surface area contributed by atoms with Gasteiger partial charge in [-0.3, -0.25) is 0 Å². The van der Waals surface area contributed by atoms with Gasteiger partial charge in [0.1, 0.15) is 20.1 Å². The summed E-state index contributed by atoms with van der Waals surface area (Å²) < 4.78 is 17.1. The number of hydrogen-bond acceptors (Lipinski definition) is 5.